The summed E-state index contributed by atoms with van der Waals surface area (Å²) in [7, 11) is 1.68. The number of rotatable bonds is 4. The average molecular weight is 352 g/mol. The Morgan fingerprint density at radius 2 is 2.04 bits per heavy atom. The van der Waals surface area contributed by atoms with Gasteiger partial charge in [-0.2, -0.15) is 0 Å². The summed E-state index contributed by atoms with van der Waals surface area (Å²) in [6.45, 7) is 4.11. The first-order valence-corrected chi connectivity index (χ1v) is 9.03. The summed E-state index contributed by atoms with van der Waals surface area (Å²) >= 11 is 6.10. The van der Waals surface area contributed by atoms with Crippen molar-refractivity contribution in [3.63, 3.8) is 0 Å². The molecule has 0 spiro atoms. The standard InChI is InChI=1S/C18H26ClN3O2/c1-24-17-5-3-15(19)10-14(17)12-21-6-8-22(9-7-21)18(23)13-2-4-16(20)11-13/h3,5,10,13,16H,2,4,6-9,11-12,20H2,1H3/t13-,16+/m0/s1. The maximum Gasteiger partial charge on any atom is 0.225 e. The van der Waals surface area contributed by atoms with Crippen molar-refractivity contribution in [2.75, 3.05) is 33.3 Å². The number of carbonyl (C=O) groups excluding carboxylic acids is 1. The number of ether oxygens (including phenoxy) is 1. The maximum absolute atomic E-state index is 12.6. The summed E-state index contributed by atoms with van der Waals surface area (Å²) in [4.78, 5) is 16.9. The molecule has 1 amide bonds. The lowest BCUT2D eigenvalue weighted by atomic mass is 10.1. The number of carbonyl (C=O) groups is 1. The molecule has 1 heterocycles. The monoisotopic (exact) mass is 351 g/mol. The fourth-order valence-electron chi connectivity index (χ4n) is 3.74. The molecule has 24 heavy (non-hydrogen) atoms. The normalized spacial score (nSPS) is 25.0. The van der Waals surface area contributed by atoms with Gasteiger partial charge in [0, 0.05) is 55.3 Å². The van der Waals surface area contributed by atoms with Crippen molar-refractivity contribution >= 4 is 17.5 Å². The van der Waals surface area contributed by atoms with Crippen LogP contribution in [0.15, 0.2) is 18.2 Å². The van der Waals surface area contributed by atoms with Crippen molar-refractivity contribution in [2.24, 2.45) is 11.7 Å². The molecule has 0 radical (unpaired) electrons. The van der Waals surface area contributed by atoms with Crippen LogP contribution < -0.4 is 10.5 Å². The third kappa shape index (κ3) is 4.02. The fraction of sp³-hybridized carbons (Fsp3) is 0.611. The molecule has 5 nitrogen and oxygen atoms in total. The number of piperazine rings is 1. The lowest BCUT2D eigenvalue weighted by Gasteiger charge is -2.36. The second-order valence-electron chi connectivity index (χ2n) is 6.83. The van der Waals surface area contributed by atoms with Gasteiger partial charge in [-0.15, -0.1) is 0 Å². The summed E-state index contributed by atoms with van der Waals surface area (Å²) in [6.07, 6.45) is 2.77. The average Bonchev–Trinajstić information content (AvgIpc) is 3.02. The second-order valence-corrected chi connectivity index (χ2v) is 7.26. The Labute approximate surface area is 148 Å². The number of nitrogens with two attached hydrogens (primary N) is 1. The van der Waals surface area contributed by atoms with Gasteiger partial charge in [-0.3, -0.25) is 9.69 Å². The van der Waals surface area contributed by atoms with Crippen LogP contribution in [0.25, 0.3) is 0 Å². The topological polar surface area (TPSA) is 58.8 Å². The van der Waals surface area contributed by atoms with Crippen LogP contribution in [0.5, 0.6) is 5.75 Å². The highest BCUT2D eigenvalue weighted by molar-refractivity contribution is 6.30. The van der Waals surface area contributed by atoms with Crippen LogP contribution in [0, 0.1) is 5.92 Å². The molecule has 6 heteroatoms. The molecule has 1 aromatic carbocycles. The van der Waals surface area contributed by atoms with Crippen LogP contribution in [0.4, 0.5) is 0 Å². The predicted molar refractivity (Wildman–Crippen MR) is 95.2 cm³/mol. The Hall–Kier alpha value is -1.30. The van der Waals surface area contributed by atoms with E-state index >= 15 is 0 Å². The highest BCUT2D eigenvalue weighted by Crippen LogP contribution is 2.27. The van der Waals surface area contributed by atoms with Crippen LogP contribution in [-0.2, 0) is 11.3 Å². The Balaban J connectivity index is 1.54. The zero-order valence-electron chi connectivity index (χ0n) is 14.2. The zero-order chi connectivity index (χ0) is 17.1. The lowest BCUT2D eigenvalue weighted by Crippen LogP contribution is -2.49. The number of amides is 1. The first kappa shape index (κ1) is 17.5. The van der Waals surface area contributed by atoms with Gasteiger partial charge in [-0.1, -0.05) is 11.6 Å². The van der Waals surface area contributed by atoms with Crippen molar-refractivity contribution < 1.29 is 9.53 Å². The molecule has 2 fully saturated rings. The molecule has 1 saturated carbocycles. The molecule has 2 aliphatic rings. The molecular weight excluding hydrogens is 326 g/mol. The summed E-state index contributed by atoms with van der Waals surface area (Å²) in [5.41, 5.74) is 7.03. The zero-order valence-corrected chi connectivity index (χ0v) is 15.0. The van der Waals surface area contributed by atoms with Crippen LogP contribution in [0.2, 0.25) is 5.02 Å². The van der Waals surface area contributed by atoms with Gasteiger partial charge in [0.05, 0.1) is 7.11 Å². The van der Waals surface area contributed by atoms with Gasteiger partial charge < -0.3 is 15.4 Å². The third-order valence-electron chi connectivity index (χ3n) is 5.14. The number of halogens is 1. The minimum atomic E-state index is 0.138. The first-order valence-electron chi connectivity index (χ1n) is 8.66. The molecule has 1 saturated heterocycles. The van der Waals surface area contributed by atoms with E-state index in [4.69, 9.17) is 22.1 Å². The highest BCUT2D eigenvalue weighted by Gasteiger charge is 2.32. The van der Waals surface area contributed by atoms with E-state index in [1.54, 1.807) is 7.11 Å². The van der Waals surface area contributed by atoms with Crippen LogP contribution in [0.1, 0.15) is 24.8 Å². The van der Waals surface area contributed by atoms with Gasteiger partial charge in [0.15, 0.2) is 0 Å². The van der Waals surface area contributed by atoms with Crippen molar-refractivity contribution in [2.45, 2.75) is 31.8 Å². The van der Waals surface area contributed by atoms with Crippen molar-refractivity contribution in [1.29, 1.82) is 0 Å². The molecule has 0 unspecified atom stereocenters. The summed E-state index contributed by atoms with van der Waals surface area (Å²) in [5.74, 6) is 1.29. The number of benzene rings is 1. The fourth-order valence-corrected chi connectivity index (χ4v) is 3.93. The van der Waals surface area contributed by atoms with Crippen LogP contribution in [0.3, 0.4) is 0 Å². The molecule has 1 aliphatic carbocycles. The molecule has 1 aromatic rings. The molecule has 2 atom stereocenters. The van der Waals surface area contributed by atoms with E-state index in [1.165, 1.54) is 0 Å². The largest absolute Gasteiger partial charge is 0.496 e. The number of hydrogen-bond donors (Lipinski definition) is 1. The number of methoxy groups -OCH3 is 1. The van der Waals surface area contributed by atoms with Crippen LogP contribution >= 0.6 is 11.6 Å². The quantitative estimate of drug-likeness (QED) is 0.902. The predicted octanol–water partition coefficient (Wildman–Crippen LogP) is 2.12. The number of hydrogen-bond acceptors (Lipinski definition) is 4. The lowest BCUT2D eigenvalue weighted by molar-refractivity contribution is -0.137. The first-order chi connectivity index (χ1) is 11.6. The van der Waals surface area contributed by atoms with E-state index in [0.717, 1.165) is 68.3 Å². The SMILES string of the molecule is COc1ccc(Cl)cc1CN1CCN(C(=O)[C@H]2CC[C@@H](N)C2)CC1. The van der Waals surface area contributed by atoms with E-state index in [2.05, 4.69) is 4.90 Å². The molecule has 132 valence electrons. The molecule has 3 rings (SSSR count). The van der Waals surface area contributed by atoms with Gasteiger partial charge in [0.2, 0.25) is 5.91 Å². The Bertz CT molecular complexity index is 588. The van der Waals surface area contributed by atoms with E-state index in [-0.39, 0.29) is 12.0 Å². The van der Waals surface area contributed by atoms with Gasteiger partial charge >= 0.3 is 0 Å². The number of nitrogens with zero attached hydrogens (tertiary/aromatic N) is 2. The van der Waals surface area contributed by atoms with Gasteiger partial charge in [0.25, 0.3) is 0 Å². The summed E-state index contributed by atoms with van der Waals surface area (Å²) in [6, 6.07) is 5.90. The maximum atomic E-state index is 12.6. The third-order valence-corrected chi connectivity index (χ3v) is 5.38. The highest BCUT2D eigenvalue weighted by atomic mass is 35.5. The van der Waals surface area contributed by atoms with Gasteiger partial charge in [-0.05, 0) is 37.5 Å². The molecule has 1 aliphatic heterocycles. The van der Waals surface area contributed by atoms with Crippen molar-refractivity contribution in [3.8, 4) is 5.75 Å². The smallest absolute Gasteiger partial charge is 0.225 e. The van der Waals surface area contributed by atoms with Gasteiger partial charge in [0.1, 0.15) is 5.75 Å². The van der Waals surface area contributed by atoms with E-state index in [0.29, 0.717) is 5.91 Å². The Morgan fingerprint density at radius 1 is 1.29 bits per heavy atom. The van der Waals surface area contributed by atoms with Crippen molar-refractivity contribution in [1.82, 2.24) is 9.80 Å². The Kier molecular flexibility index (Phi) is 5.64. The minimum absolute atomic E-state index is 0.138. The van der Waals surface area contributed by atoms with E-state index < -0.39 is 0 Å². The van der Waals surface area contributed by atoms with Gasteiger partial charge in [-0.25, -0.2) is 0 Å². The molecule has 0 bridgehead atoms. The van der Waals surface area contributed by atoms with E-state index in [1.807, 2.05) is 23.1 Å². The molecular formula is C18H26ClN3O2. The molecule has 0 aromatic heterocycles. The summed E-state index contributed by atoms with van der Waals surface area (Å²) in [5, 5.41) is 0.720. The Morgan fingerprint density at radius 3 is 2.67 bits per heavy atom. The van der Waals surface area contributed by atoms with Crippen LogP contribution in [-0.4, -0.2) is 55.0 Å². The minimum Gasteiger partial charge on any atom is -0.496 e. The molecule has 2 N–H and O–H groups in total. The second kappa shape index (κ2) is 7.72. The van der Waals surface area contributed by atoms with E-state index in [9.17, 15) is 4.79 Å². The van der Waals surface area contributed by atoms with Crippen molar-refractivity contribution in [3.05, 3.63) is 28.8 Å². The summed E-state index contributed by atoms with van der Waals surface area (Å²) < 4.78 is 5.42.